The first-order valence-electron chi connectivity index (χ1n) is 26.9. The number of carbonyl (C=O) groups is 1. The summed E-state index contributed by atoms with van der Waals surface area (Å²) in [5, 5.41) is 13.8. The molecule has 0 unspecified atom stereocenters. The lowest BCUT2D eigenvalue weighted by molar-refractivity contribution is 0.0697. The number of aromatic carboxylic acids is 1. The fourth-order valence-corrected chi connectivity index (χ4v) is 11.3. The van der Waals surface area contributed by atoms with E-state index >= 15 is 0 Å². The number of aromatic nitrogens is 8. The standard InChI is InChI=1S/C61H74N8O6/c1-28(2)49(29(3)4)72-40-23-17-20-36-44(40)56-62-53(36)63-57-45-37(21-18-24-41(45)73-50(30(5)6)31(7)8)55(65-57)67-60-48-43(75-52(34(13)14)35(15)16)27-26-39(61(70)71)47(48)59(69-60)68-58-46-38(54(64-56)66-58)22-19-25-42(46)74-51(32(9)10)33(11)12/h17-35,49-52H,1-16H3,(H,70,71)(H2,62,63,64,65,66,67,68,69). The van der Waals surface area contributed by atoms with E-state index in [0.29, 0.717) is 89.9 Å². The number of carboxylic acid groups (broad SMARTS) is 1. The summed E-state index contributed by atoms with van der Waals surface area (Å²) < 4.78 is 27.9. The second-order valence-electron chi connectivity index (χ2n) is 23.1. The van der Waals surface area contributed by atoms with Crippen molar-refractivity contribution in [2.24, 2.45) is 47.3 Å². The molecule has 8 bridgehead atoms. The number of hydrogen-bond donors (Lipinski definition) is 3. The minimum absolute atomic E-state index is 0.00466. The van der Waals surface area contributed by atoms with Crippen LogP contribution in [-0.4, -0.2) is 75.4 Å². The van der Waals surface area contributed by atoms with E-state index in [0.717, 1.165) is 5.56 Å². The molecule has 14 heteroatoms. The highest BCUT2D eigenvalue weighted by atomic mass is 16.5. The third-order valence-electron chi connectivity index (χ3n) is 14.4. The summed E-state index contributed by atoms with van der Waals surface area (Å²) in [5.41, 5.74) is 3.82. The minimum atomic E-state index is -1.15. The number of nitrogens with zero attached hydrogens (tertiary/aromatic N) is 6. The Morgan fingerprint density at radius 3 is 1.17 bits per heavy atom. The number of ether oxygens (including phenoxy) is 4. The van der Waals surface area contributed by atoms with Crippen molar-refractivity contribution >= 4 is 50.1 Å². The molecular formula is C61H74N8O6. The summed E-state index contributed by atoms with van der Waals surface area (Å²) in [7, 11) is 0. The molecule has 2 aliphatic heterocycles. The van der Waals surface area contributed by atoms with E-state index in [-0.39, 0.29) is 94.5 Å². The molecule has 3 aromatic heterocycles. The SMILES string of the molecule is CC(C)C(Oc1cccc2c1-c1nc-2nc2[nH]c(nc3nc(nc4[nH]c(n1)c1cccc(OC(C(C)C)C(C)C)c41)-c1c(C(=O)O)ccc(OC(C(C)C)C(C)C)c1-3)c1cccc(OC(C(C)C)C(C)C)c21)C(C)C. The first-order valence-corrected chi connectivity index (χ1v) is 26.9. The number of hydrogen-bond acceptors (Lipinski definition) is 11. The fourth-order valence-electron chi connectivity index (χ4n) is 11.3. The van der Waals surface area contributed by atoms with Gasteiger partial charge in [0.1, 0.15) is 70.0 Å². The topological polar surface area (TPSA) is 183 Å². The third-order valence-corrected chi connectivity index (χ3v) is 14.4. The van der Waals surface area contributed by atoms with Crippen molar-refractivity contribution in [2.75, 3.05) is 0 Å². The molecule has 0 spiro atoms. The van der Waals surface area contributed by atoms with Crippen LogP contribution in [0, 0.1) is 47.3 Å². The monoisotopic (exact) mass is 1010 g/mol. The maximum absolute atomic E-state index is 13.5. The van der Waals surface area contributed by atoms with E-state index in [9.17, 15) is 9.90 Å². The molecule has 2 aliphatic rings. The molecule has 7 aromatic rings. The number of H-pyrrole nitrogens is 2. The van der Waals surface area contributed by atoms with Crippen LogP contribution in [0.2, 0.25) is 0 Å². The predicted molar refractivity (Wildman–Crippen MR) is 299 cm³/mol. The highest BCUT2D eigenvalue weighted by molar-refractivity contribution is 6.10. The summed E-state index contributed by atoms with van der Waals surface area (Å²) in [5.74, 6) is 3.71. The molecular weight excluding hydrogens is 941 g/mol. The molecule has 14 nitrogen and oxygen atoms in total. The largest absolute Gasteiger partial charge is 0.489 e. The average Bonchev–Trinajstić information content (AvgIpc) is 4.11. The van der Waals surface area contributed by atoms with Crippen molar-refractivity contribution in [2.45, 2.75) is 135 Å². The fraction of sp³-hybridized carbons (Fsp3) is 0.459. The van der Waals surface area contributed by atoms with Crippen LogP contribution in [-0.2, 0) is 0 Å². The lowest BCUT2D eigenvalue weighted by atomic mass is 9.95. The van der Waals surface area contributed by atoms with Crippen LogP contribution in [0.1, 0.15) is 121 Å². The Labute approximate surface area is 440 Å². The lowest BCUT2D eigenvalue weighted by Gasteiger charge is -2.27. The van der Waals surface area contributed by atoms with Gasteiger partial charge in [0.05, 0.1) is 27.5 Å². The molecule has 75 heavy (non-hydrogen) atoms. The molecule has 0 saturated heterocycles. The van der Waals surface area contributed by atoms with Gasteiger partial charge in [0, 0.05) is 21.9 Å². The summed E-state index contributed by atoms with van der Waals surface area (Å²) in [4.78, 5) is 52.7. The molecule has 0 radical (unpaired) electrons. The number of aromatic amines is 2. The van der Waals surface area contributed by atoms with Crippen molar-refractivity contribution in [3.05, 3.63) is 72.3 Å². The zero-order valence-corrected chi connectivity index (χ0v) is 46.5. The molecule has 9 rings (SSSR count). The second kappa shape index (κ2) is 20.9. The Morgan fingerprint density at radius 2 is 0.733 bits per heavy atom. The molecule has 0 saturated carbocycles. The molecule has 394 valence electrons. The van der Waals surface area contributed by atoms with Gasteiger partial charge in [-0.15, -0.1) is 0 Å². The van der Waals surface area contributed by atoms with Gasteiger partial charge >= 0.3 is 5.97 Å². The van der Waals surface area contributed by atoms with Gasteiger partial charge < -0.3 is 34.0 Å². The van der Waals surface area contributed by atoms with Crippen molar-refractivity contribution < 1.29 is 28.8 Å². The highest BCUT2D eigenvalue weighted by Gasteiger charge is 2.34. The minimum Gasteiger partial charge on any atom is -0.489 e. The van der Waals surface area contributed by atoms with Crippen LogP contribution in [0.4, 0.5) is 0 Å². The number of benzene rings is 4. The quantitative estimate of drug-likeness (QED) is 0.0786. The average molecular weight is 1020 g/mol. The maximum Gasteiger partial charge on any atom is 0.336 e. The highest BCUT2D eigenvalue weighted by Crippen LogP contribution is 2.47. The van der Waals surface area contributed by atoms with Gasteiger partial charge in [-0.2, -0.15) is 0 Å². The normalized spacial score (nSPS) is 12.7. The van der Waals surface area contributed by atoms with Gasteiger partial charge in [0.15, 0.2) is 23.3 Å². The van der Waals surface area contributed by atoms with Gasteiger partial charge in [-0.3, -0.25) is 0 Å². The Bertz CT molecular complexity index is 3420. The number of carboxylic acids is 1. The van der Waals surface area contributed by atoms with Crippen molar-refractivity contribution in [1.29, 1.82) is 0 Å². The summed E-state index contributed by atoms with van der Waals surface area (Å²) >= 11 is 0. The van der Waals surface area contributed by atoms with Gasteiger partial charge in [-0.25, -0.2) is 34.7 Å². The van der Waals surface area contributed by atoms with Crippen LogP contribution < -0.4 is 18.9 Å². The van der Waals surface area contributed by atoms with Crippen LogP contribution in [0.15, 0.2) is 66.7 Å². The smallest absolute Gasteiger partial charge is 0.336 e. The molecule has 3 N–H and O–H groups in total. The number of fused-ring (bicyclic) bond motifs is 20. The van der Waals surface area contributed by atoms with Crippen LogP contribution in [0.5, 0.6) is 23.0 Å². The lowest BCUT2D eigenvalue weighted by Crippen LogP contribution is -2.29. The Kier molecular flexibility index (Phi) is 14.7. The summed E-state index contributed by atoms with van der Waals surface area (Å²) in [6.45, 7) is 34.4. The molecule has 0 atom stereocenters. The van der Waals surface area contributed by atoms with Crippen molar-refractivity contribution in [3.8, 4) is 68.5 Å². The third kappa shape index (κ3) is 10.00. The predicted octanol–water partition coefficient (Wildman–Crippen LogP) is 14.8. The van der Waals surface area contributed by atoms with E-state index in [4.69, 9.17) is 48.9 Å². The van der Waals surface area contributed by atoms with E-state index in [1.807, 2.05) is 54.6 Å². The maximum atomic E-state index is 13.5. The Balaban J connectivity index is 1.48. The van der Waals surface area contributed by atoms with Gasteiger partial charge in [0.25, 0.3) is 0 Å². The summed E-state index contributed by atoms with van der Waals surface area (Å²) in [6, 6.07) is 21.0. The van der Waals surface area contributed by atoms with E-state index in [1.54, 1.807) is 12.1 Å². The molecule has 0 fully saturated rings. The first-order chi connectivity index (χ1) is 35.6. The summed E-state index contributed by atoms with van der Waals surface area (Å²) in [6.07, 6.45) is -0.614. The van der Waals surface area contributed by atoms with E-state index in [2.05, 4.69) is 121 Å². The van der Waals surface area contributed by atoms with Gasteiger partial charge in [-0.1, -0.05) is 147 Å². The molecule has 0 aliphatic carbocycles. The Hall–Kier alpha value is -7.09. The van der Waals surface area contributed by atoms with E-state index in [1.165, 1.54) is 0 Å². The van der Waals surface area contributed by atoms with Crippen LogP contribution in [0.25, 0.3) is 89.7 Å². The van der Waals surface area contributed by atoms with Crippen LogP contribution >= 0.6 is 0 Å². The van der Waals surface area contributed by atoms with Gasteiger partial charge in [0.2, 0.25) is 0 Å². The Morgan fingerprint density at radius 1 is 0.387 bits per heavy atom. The van der Waals surface area contributed by atoms with E-state index < -0.39 is 5.97 Å². The van der Waals surface area contributed by atoms with Gasteiger partial charge in [-0.05, 0) is 77.7 Å². The zero-order valence-electron chi connectivity index (χ0n) is 46.5. The first kappa shape index (κ1) is 52.8. The van der Waals surface area contributed by atoms with Crippen LogP contribution in [0.3, 0.4) is 0 Å². The number of rotatable bonds is 17. The number of nitrogens with one attached hydrogen (secondary N) is 2. The molecule has 5 heterocycles. The molecule has 0 amide bonds. The molecule has 4 aromatic carbocycles. The zero-order chi connectivity index (χ0) is 53.9. The second-order valence-corrected chi connectivity index (χ2v) is 23.1. The van der Waals surface area contributed by atoms with Crippen molar-refractivity contribution in [3.63, 3.8) is 0 Å². The van der Waals surface area contributed by atoms with Crippen molar-refractivity contribution in [1.82, 2.24) is 39.9 Å².